The van der Waals surface area contributed by atoms with Crippen LogP contribution in [0, 0.1) is 0 Å². The number of carbonyl (C=O) groups is 1. The zero-order chi connectivity index (χ0) is 17.8. The highest BCUT2D eigenvalue weighted by Gasteiger charge is 2.16. The second kappa shape index (κ2) is 7.47. The molecule has 134 valence electrons. The standard InChI is InChI=1S/C18H21N7O/c26-17(24-10-4-2-1-3-5-11-24)15-8-6-14(7-9-15)16-12-19-25(13-16)18-20-22-23-21-18/h6-9,12-13H,1-5,10-11H2,(H,20,21,22,23). The summed E-state index contributed by atoms with van der Waals surface area (Å²) in [4.78, 5) is 14.7. The lowest BCUT2D eigenvalue weighted by atomic mass is 10.0. The first kappa shape index (κ1) is 16.4. The number of aromatic nitrogens is 6. The van der Waals surface area contributed by atoms with Crippen molar-refractivity contribution in [3.05, 3.63) is 42.2 Å². The third-order valence-electron chi connectivity index (χ3n) is 4.73. The second-order valence-corrected chi connectivity index (χ2v) is 6.52. The fourth-order valence-corrected chi connectivity index (χ4v) is 3.27. The molecule has 0 radical (unpaired) electrons. The van der Waals surface area contributed by atoms with Gasteiger partial charge in [-0.2, -0.15) is 10.3 Å². The van der Waals surface area contributed by atoms with E-state index in [0.717, 1.165) is 42.6 Å². The quantitative estimate of drug-likeness (QED) is 0.782. The maximum atomic E-state index is 12.8. The van der Waals surface area contributed by atoms with Crippen LogP contribution in [-0.4, -0.2) is 54.3 Å². The van der Waals surface area contributed by atoms with E-state index in [1.165, 1.54) is 19.3 Å². The minimum atomic E-state index is 0.126. The SMILES string of the molecule is O=C(c1ccc(-c2cnn(-c3nn[nH]n3)c2)cc1)N1CCCCCCC1. The molecule has 0 unspecified atom stereocenters. The maximum Gasteiger partial charge on any atom is 0.290 e. The first-order valence-corrected chi connectivity index (χ1v) is 8.99. The number of H-pyrrole nitrogens is 1. The Kier molecular flexibility index (Phi) is 4.72. The number of hydrogen-bond acceptors (Lipinski definition) is 5. The molecule has 0 aliphatic carbocycles. The van der Waals surface area contributed by atoms with E-state index in [4.69, 9.17) is 0 Å². The zero-order valence-corrected chi connectivity index (χ0v) is 14.5. The van der Waals surface area contributed by atoms with Crippen LogP contribution < -0.4 is 0 Å². The molecule has 0 saturated carbocycles. The van der Waals surface area contributed by atoms with E-state index in [1.54, 1.807) is 10.9 Å². The summed E-state index contributed by atoms with van der Waals surface area (Å²) in [6.45, 7) is 1.72. The Morgan fingerprint density at radius 3 is 2.38 bits per heavy atom. The van der Waals surface area contributed by atoms with Crippen molar-refractivity contribution < 1.29 is 4.79 Å². The number of tetrazole rings is 1. The summed E-state index contributed by atoms with van der Waals surface area (Å²) < 4.78 is 1.55. The van der Waals surface area contributed by atoms with E-state index < -0.39 is 0 Å². The highest BCUT2D eigenvalue weighted by atomic mass is 16.2. The summed E-state index contributed by atoms with van der Waals surface area (Å²) in [6.07, 6.45) is 9.48. The fraction of sp³-hybridized carbons (Fsp3) is 0.389. The average Bonchev–Trinajstić information content (AvgIpc) is 3.33. The molecule has 3 aromatic rings. The summed E-state index contributed by atoms with van der Waals surface area (Å²) in [6, 6.07) is 7.69. The van der Waals surface area contributed by atoms with E-state index in [-0.39, 0.29) is 5.91 Å². The van der Waals surface area contributed by atoms with Crippen molar-refractivity contribution in [3.63, 3.8) is 0 Å². The Hall–Kier alpha value is -3.03. The molecule has 1 aromatic carbocycles. The van der Waals surface area contributed by atoms with Gasteiger partial charge in [-0.25, -0.2) is 4.68 Å². The molecule has 1 fully saturated rings. The number of likely N-dealkylation sites (tertiary alicyclic amines) is 1. The van der Waals surface area contributed by atoms with Crippen LogP contribution >= 0.6 is 0 Å². The summed E-state index contributed by atoms with van der Waals surface area (Å²) >= 11 is 0. The van der Waals surface area contributed by atoms with Gasteiger partial charge in [-0.1, -0.05) is 36.5 Å². The van der Waals surface area contributed by atoms with E-state index >= 15 is 0 Å². The molecule has 1 aliphatic rings. The molecule has 0 bridgehead atoms. The normalized spacial score (nSPS) is 15.5. The van der Waals surface area contributed by atoms with E-state index in [1.807, 2.05) is 35.4 Å². The Morgan fingerprint density at radius 1 is 0.962 bits per heavy atom. The fourth-order valence-electron chi connectivity index (χ4n) is 3.27. The number of benzene rings is 1. The number of amides is 1. The van der Waals surface area contributed by atoms with Crippen molar-refractivity contribution in [2.75, 3.05) is 13.1 Å². The largest absolute Gasteiger partial charge is 0.339 e. The lowest BCUT2D eigenvalue weighted by Crippen LogP contribution is -2.33. The molecule has 1 amide bonds. The van der Waals surface area contributed by atoms with Crippen molar-refractivity contribution in [2.45, 2.75) is 32.1 Å². The molecule has 1 saturated heterocycles. The van der Waals surface area contributed by atoms with Gasteiger partial charge >= 0.3 is 0 Å². The molecule has 4 rings (SSSR count). The van der Waals surface area contributed by atoms with Crippen molar-refractivity contribution in [2.24, 2.45) is 0 Å². The van der Waals surface area contributed by atoms with Crippen LogP contribution in [-0.2, 0) is 0 Å². The molecular weight excluding hydrogens is 330 g/mol. The summed E-state index contributed by atoms with van der Waals surface area (Å²) in [5.41, 5.74) is 2.66. The van der Waals surface area contributed by atoms with Crippen LogP contribution in [0.25, 0.3) is 17.1 Å². The topological polar surface area (TPSA) is 92.6 Å². The molecule has 3 heterocycles. The van der Waals surface area contributed by atoms with Gasteiger partial charge in [-0.3, -0.25) is 4.79 Å². The molecule has 1 aliphatic heterocycles. The van der Waals surface area contributed by atoms with Crippen molar-refractivity contribution in [1.82, 2.24) is 35.3 Å². The van der Waals surface area contributed by atoms with Gasteiger partial charge < -0.3 is 4.90 Å². The van der Waals surface area contributed by atoms with Crippen LogP contribution in [0.3, 0.4) is 0 Å². The van der Waals surface area contributed by atoms with Crippen molar-refractivity contribution in [1.29, 1.82) is 0 Å². The molecule has 0 spiro atoms. The lowest BCUT2D eigenvalue weighted by molar-refractivity contribution is 0.0742. The summed E-state index contributed by atoms with van der Waals surface area (Å²) in [5.74, 6) is 0.515. The monoisotopic (exact) mass is 351 g/mol. The van der Waals surface area contributed by atoms with Crippen LogP contribution in [0.15, 0.2) is 36.7 Å². The number of rotatable bonds is 3. The first-order chi connectivity index (χ1) is 12.8. The molecule has 26 heavy (non-hydrogen) atoms. The Bertz CT molecular complexity index is 846. The Balaban J connectivity index is 1.48. The van der Waals surface area contributed by atoms with Gasteiger partial charge in [0, 0.05) is 30.4 Å². The van der Waals surface area contributed by atoms with Crippen molar-refractivity contribution >= 4 is 5.91 Å². The van der Waals surface area contributed by atoms with Crippen LogP contribution in [0.4, 0.5) is 0 Å². The van der Waals surface area contributed by atoms with Gasteiger partial charge in [0.05, 0.1) is 6.20 Å². The summed E-state index contributed by atoms with van der Waals surface area (Å²) in [5, 5.41) is 18.0. The van der Waals surface area contributed by atoms with E-state index in [0.29, 0.717) is 5.95 Å². The van der Waals surface area contributed by atoms with Crippen LogP contribution in [0.5, 0.6) is 0 Å². The second-order valence-electron chi connectivity index (χ2n) is 6.52. The number of carbonyl (C=O) groups excluding carboxylic acids is 1. The first-order valence-electron chi connectivity index (χ1n) is 8.99. The minimum Gasteiger partial charge on any atom is -0.339 e. The van der Waals surface area contributed by atoms with Crippen molar-refractivity contribution in [3.8, 4) is 17.1 Å². The molecule has 8 nitrogen and oxygen atoms in total. The highest BCUT2D eigenvalue weighted by molar-refractivity contribution is 5.94. The molecular formula is C18H21N7O. The summed E-state index contributed by atoms with van der Waals surface area (Å²) in [7, 11) is 0. The predicted octanol–water partition coefficient (Wildman–Crippen LogP) is 2.46. The highest BCUT2D eigenvalue weighted by Crippen LogP contribution is 2.21. The number of nitrogens with one attached hydrogen (secondary N) is 1. The van der Waals surface area contributed by atoms with Gasteiger partial charge in [-0.05, 0) is 35.8 Å². The van der Waals surface area contributed by atoms with E-state index in [9.17, 15) is 4.79 Å². The maximum absolute atomic E-state index is 12.8. The number of aromatic amines is 1. The minimum absolute atomic E-state index is 0.126. The van der Waals surface area contributed by atoms with Gasteiger partial charge in [-0.15, -0.1) is 5.10 Å². The average molecular weight is 351 g/mol. The number of hydrogen-bond donors (Lipinski definition) is 1. The van der Waals surface area contributed by atoms with Gasteiger partial charge in [0.2, 0.25) is 0 Å². The van der Waals surface area contributed by atoms with Gasteiger partial charge in [0.25, 0.3) is 11.9 Å². The molecule has 8 heteroatoms. The smallest absolute Gasteiger partial charge is 0.290 e. The predicted molar refractivity (Wildman–Crippen MR) is 95.7 cm³/mol. The Labute approximate surface area is 151 Å². The Morgan fingerprint density at radius 2 is 1.69 bits per heavy atom. The third kappa shape index (κ3) is 3.49. The molecule has 1 N–H and O–H groups in total. The van der Waals surface area contributed by atoms with Gasteiger partial charge in [0.15, 0.2) is 0 Å². The third-order valence-corrected chi connectivity index (χ3v) is 4.73. The zero-order valence-electron chi connectivity index (χ0n) is 14.5. The van der Waals surface area contributed by atoms with E-state index in [2.05, 4.69) is 25.7 Å². The number of nitrogens with zero attached hydrogens (tertiary/aromatic N) is 6. The van der Waals surface area contributed by atoms with Crippen LogP contribution in [0.2, 0.25) is 0 Å². The molecule has 0 atom stereocenters. The van der Waals surface area contributed by atoms with Crippen LogP contribution in [0.1, 0.15) is 42.5 Å². The van der Waals surface area contributed by atoms with Gasteiger partial charge in [0.1, 0.15) is 0 Å². The molecule has 2 aromatic heterocycles. The lowest BCUT2D eigenvalue weighted by Gasteiger charge is -2.24.